The number of hydrogen-bond acceptors (Lipinski definition) is 3. The highest BCUT2D eigenvalue weighted by molar-refractivity contribution is 5.86. The normalized spacial score (nSPS) is 22.1. The number of aryl methyl sites for hydroxylation is 1. The number of hydrogen-bond donors (Lipinski definition) is 0. The van der Waals surface area contributed by atoms with E-state index in [9.17, 15) is 9.59 Å². The van der Waals surface area contributed by atoms with Gasteiger partial charge in [-0.2, -0.15) is 0 Å². The van der Waals surface area contributed by atoms with Crippen LogP contribution in [0.1, 0.15) is 45.0 Å². The molecule has 1 unspecified atom stereocenters. The lowest BCUT2D eigenvalue weighted by Crippen LogP contribution is -2.44. The van der Waals surface area contributed by atoms with Gasteiger partial charge in [-0.1, -0.05) is 13.8 Å². The predicted octanol–water partition coefficient (Wildman–Crippen LogP) is 1.43. The number of carbonyl (C=O) groups is 2. The molecule has 1 saturated heterocycles. The molecule has 0 aliphatic carbocycles. The van der Waals surface area contributed by atoms with Gasteiger partial charge in [-0.05, 0) is 18.8 Å². The molecule has 6 heteroatoms. The van der Waals surface area contributed by atoms with E-state index in [4.69, 9.17) is 0 Å². The fourth-order valence-corrected chi connectivity index (χ4v) is 3.53. The average molecular weight is 304 g/mol. The number of aromatic nitrogens is 2. The Morgan fingerprint density at radius 2 is 2.14 bits per heavy atom. The highest BCUT2D eigenvalue weighted by Gasteiger charge is 2.34. The molecule has 1 fully saturated rings. The third-order valence-electron chi connectivity index (χ3n) is 4.60. The summed E-state index contributed by atoms with van der Waals surface area (Å²) in [4.78, 5) is 32.7. The number of imidazole rings is 1. The number of fused-ring (bicyclic) bond motifs is 1. The molecule has 0 saturated carbocycles. The summed E-state index contributed by atoms with van der Waals surface area (Å²) in [5, 5.41) is 0. The molecule has 3 rings (SSSR count). The van der Waals surface area contributed by atoms with E-state index in [2.05, 4.69) is 23.4 Å². The molecule has 3 heterocycles. The van der Waals surface area contributed by atoms with Crippen LogP contribution in [0.2, 0.25) is 0 Å². The second-order valence-electron chi connectivity index (χ2n) is 6.53. The highest BCUT2D eigenvalue weighted by Crippen LogP contribution is 2.30. The summed E-state index contributed by atoms with van der Waals surface area (Å²) in [6.45, 7) is 6.78. The maximum Gasteiger partial charge on any atom is 0.242 e. The van der Waals surface area contributed by atoms with Crippen molar-refractivity contribution in [1.82, 2.24) is 19.4 Å². The van der Waals surface area contributed by atoms with Gasteiger partial charge in [-0.25, -0.2) is 4.98 Å². The van der Waals surface area contributed by atoms with Crippen LogP contribution in [0.4, 0.5) is 0 Å². The van der Waals surface area contributed by atoms with Crippen LogP contribution in [0.15, 0.2) is 12.4 Å². The minimum atomic E-state index is -0.0114. The van der Waals surface area contributed by atoms with Crippen LogP contribution in [-0.2, 0) is 16.1 Å². The first-order valence-corrected chi connectivity index (χ1v) is 8.16. The fourth-order valence-electron chi connectivity index (χ4n) is 3.53. The zero-order chi connectivity index (χ0) is 15.7. The summed E-state index contributed by atoms with van der Waals surface area (Å²) in [5.74, 6) is 1.40. The predicted molar refractivity (Wildman–Crippen MR) is 82.0 cm³/mol. The highest BCUT2D eigenvalue weighted by atomic mass is 16.2. The second kappa shape index (κ2) is 6.10. The third-order valence-corrected chi connectivity index (χ3v) is 4.60. The van der Waals surface area contributed by atoms with Crippen molar-refractivity contribution in [2.45, 2.75) is 45.7 Å². The molecule has 1 aromatic rings. The lowest BCUT2D eigenvalue weighted by atomic mass is 10.0. The van der Waals surface area contributed by atoms with Crippen molar-refractivity contribution < 1.29 is 9.59 Å². The van der Waals surface area contributed by atoms with Gasteiger partial charge >= 0.3 is 0 Å². The monoisotopic (exact) mass is 304 g/mol. The quantitative estimate of drug-likeness (QED) is 0.849. The number of rotatable bonds is 3. The first-order chi connectivity index (χ1) is 10.6. The van der Waals surface area contributed by atoms with Crippen molar-refractivity contribution in [3.05, 3.63) is 18.2 Å². The summed E-state index contributed by atoms with van der Waals surface area (Å²) in [5.41, 5.74) is 0. The largest absolute Gasteiger partial charge is 0.333 e. The van der Waals surface area contributed by atoms with E-state index in [1.807, 2.05) is 17.3 Å². The van der Waals surface area contributed by atoms with Gasteiger partial charge in [0.25, 0.3) is 0 Å². The van der Waals surface area contributed by atoms with Gasteiger partial charge in [0.15, 0.2) is 0 Å². The van der Waals surface area contributed by atoms with Crippen LogP contribution >= 0.6 is 0 Å². The van der Waals surface area contributed by atoms with Crippen molar-refractivity contribution in [2.75, 3.05) is 19.6 Å². The molecule has 0 N–H and O–H groups in total. The van der Waals surface area contributed by atoms with Gasteiger partial charge in [0.2, 0.25) is 11.8 Å². The van der Waals surface area contributed by atoms with Crippen molar-refractivity contribution >= 4 is 11.8 Å². The van der Waals surface area contributed by atoms with E-state index in [1.165, 1.54) is 0 Å². The minimum absolute atomic E-state index is 0.0114. The molecule has 1 atom stereocenters. The minimum Gasteiger partial charge on any atom is -0.333 e. The molecule has 0 bridgehead atoms. The lowest BCUT2D eigenvalue weighted by Gasteiger charge is -2.33. The maximum atomic E-state index is 12.8. The van der Waals surface area contributed by atoms with E-state index >= 15 is 0 Å². The van der Waals surface area contributed by atoms with Crippen molar-refractivity contribution in [1.29, 1.82) is 0 Å². The van der Waals surface area contributed by atoms with Crippen LogP contribution in [0.3, 0.4) is 0 Å². The fraction of sp³-hybridized carbons (Fsp3) is 0.688. The molecular formula is C16H24N4O2. The summed E-state index contributed by atoms with van der Waals surface area (Å²) >= 11 is 0. The van der Waals surface area contributed by atoms with Crippen LogP contribution in [0.25, 0.3) is 0 Å². The van der Waals surface area contributed by atoms with Gasteiger partial charge in [-0.15, -0.1) is 0 Å². The number of nitrogens with zero attached hydrogens (tertiary/aromatic N) is 4. The van der Waals surface area contributed by atoms with Crippen molar-refractivity contribution in [2.24, 2.45) is 5.92 Å². The number of amides is 2. The van der Waals surface area contributed by atoms with E-state index < -0.39 is 0 Å². The summed E-state index contributed by atoms with van der Waals surface area (Å²) < 4.78 is 2.15. The zero-order valence-electron chi connectivity index (χ0n) is 13.4. The molecule has 0 aromatic carbocycles. The van der Waals surface area contributed by atoms with Crippen LogP contribution < -0.4 is 0 Å². The molecule has 2 aliphatic rings. The van der Waals surface area contributed by atoms with Crippen LogP contribution in [0, 0.1) is 5.92 Å². The van der Waals surface area contributed by atoms with Gasteiger partial charge in [-0.3, -0.25) is 9.59 Å². The molecular weight excluding hydrogens is 280 g/mol. The van der Waals surface area contributed by atoms with Gasteiger partial charge in [0.05, 0.1) is 12.6 Å². The Morgan fingerprint density at radius 3 is 2.82 bits per heavy atom. The Balaban J connectivity index is 1.81. The van der Waals surface area contributed by atoms with E-state index in [0.29, 0.717) is 13.0 Å². The Morgan fingerprint density at radius 1 is 1.32 bits per heavy atom. The lowest BCUT2D eigenvalue weighted by molar-refractivity contribution is -0.140. The third kappa shape index (κ3) is 2.74. The molecule has 6 nitrogen and oxygen atoms in total. The van der Waals surface area contributed by atoms with Crippen molar-refractivity contribution in [3.63, 3.8) is 0 Å². The average Bonchev–Trinajstić information content (AvgIpc) is 3.03. The number of carbonyl (C=O) groups excluding carboxylic acids is 2. The van der Waals surface area contributed by atoms with E-state index in [0.717, 1.165) is 31.8 Å². The second-order valence-corrected chi connectivity index (χ2v) is 6.53. The van der Waals surface area contributed by atoms with Gasteiger partial charge in [0, 0.05) is 38.4 Å². The standard InChI is InChI=1S/C16H24N4O2/c1-12(2)15-16-17-6-10-18(16)8-4-9-20(15)14(22)11-19-7-3-5-13(19)21/h6,10,12,15H,3-5,7-9,11H2,1-2H3. The first kappa shape index (κ1) is 15.1. The molecule has 0 spiro atoms. The SMILES string of the molecule is CC(C)C1c2nccn2CCCN1C(=O)CN1CCCC1=O. The molecule has 120 valence electrons. The Kier molecular flexibility index (Phi) is 4.18. The van der Waals surface area contributed by atoms with Gasteiger partial charge in [0.1, 0.15) is 5.82 Å². The molecule has 22 heavy (non-hydrogen) atoms. The Bertz CT molecular complexity index is 566. The molecule has 2 aliphatic heterocycles. The van der Waals surface area contributed by atoms with Crippen LogP contribution in [-0.4, -0.2) is 50.8 Å². The first-order valence-electron chi connectivity index (χ1n) is 8.16. The maximum absolute atomic E-state index is 12.8. The topological polar surface area (TPSA) is 58.4 Å². The Labute approximate surface area is 131 Å². The summed E-state index contributed by atoms with van der Waals surface area (Å²) in [6, 6.07) is -0.0114. The van der Waals surface area contributed by atoms with Crippen molar-refractivity contribution in [3.8, 4) is 0 Å². The van der Waals surface area contributed by atoms with Crippen LogP contribution in [0.5, 0.6) is 0 Å². The summed E-state index contributed by atoms with van der Waals surface area (Å²) in [7, 11) is 0. The van der Waals surface area contributed by atoms with E-state index in [-0.39, 0.29) is 30.3 Å². The molecule has 2 amide bonds. The smallest absolute Gasteiger partial charge is 0.242 e. The zero-order valence-corrected chi connectivity index (χ0v) is 13.4. The Hall–Kier alpha value is -1.85. The molecule has 0 radical (unpaired) electrons. The van der Waals surface area contributed by atoms with E-state index in [1.54, 1.807) is 4.90 Å². The molecule has 1 aromatic heterocycles. The number of likely N-dealkylation sites (tertiary alicyclic amines) is 1. The van der Waals surface area contributed by atoms with Gasteiger partial charge < -0.3 is 14.4 Å². The summed E-state index contributed by atoms with van der Waals surface area (Å²) in [6.07, 6.45) is 6.16.